The van der Waals surface area contributed by atoms with Crippen LogP contribution >= 0.6 is 11.6 Å². The Balaban J connectivity index is 2.54. The third kappa shape index (κ3) is 1.25. The summed E-state index contributed by atoms with van der Waals surface area (Å²) < 4.78 is 6.65. The largest absolute Gasteiger partial charge is 0.477 e. The fraction of sp³-hybridized carbons (Fsp3) is 0.429. The monoisotopic (exact) mass is 202 g/mol. The van der Waals surface area contributed by atoms with Crippen molar-refractivity contribution in [3.63, 3.8) is 0 Å². The van der Waals surface area contributed by atoms with Crippen LogP contribution in [0.3, 0.4) is 0 Å². The molecule has 1 aromatic rings. The topological polar surface area (TPSA) is 64.3 Å². The van der Waals surface area contributed by atoms with Crippen molar-refractivity contribution in [1.29, 1.82) is 0 Å². The van der Waals surface area contributed by atoms with Gasteiger partial charge in [-0.2, -0.15) is 5.10 Å². The first kappa shape index (κ1) is 8.37. The van der Waals surface area contributed by atoms with Gasteiger partial charge in [-0.15, -0.1) is 0 Å². The Bertz CT molecular complexity index is 361. The van der Waals surface area contributed by atoms with E-state index < -0.39 is 5.97 Å². The number of carboxylic acids is 1. The Morgan fingerprint density at radius 3 is 3.15 bits per heavy atom. The van der Waals surface area contributed by atoms with Crippen molar-refractivity contribution in [3.8, 4) is 5.88 Å². The van der Waals surface area contributed by atoms with Gasteiger partial charge >= 0.3 is 5.97 Å². The molecule has 0 radical (unpaired) electrons. The van der Waals surface area contributed by atoms with Crippen molar-refractivity contribution in [2.24, 2.45) is 0 Å². The van der Waals surface area contributed by atoms with Gasteiger partial charge in [0.1, 0.15) is 0 Å². The lowest BCUT2D eigenvalue weighted by Crippen LogP contribution is -2.16. The fourth-order valence-corrected chi connectivity index (χ4v) is 1.53. The van der Waals surface area contributed by atoms with Gasteiger partial charge in [-0.05, 0) is 0 Å². The molecule has 13 heavy (non-hydrogen) atoms. The first-order valence-electron chi connectivity index (χ1n) is 3.82. The second-order valence-corrected chi connectivity index (χ2v) is 3.06. The van der Waals surface area contributed by atoms with E-state index in [9.17, 15) is 4.79 Å². The van der Waals surface area contributed by atoms with Gasteiger partial charge in [-0.3, -0.25) is 0 Å². The lowest BCUT2D eigenvalue weighted by atomic mass is 10.3. The second-order valence-electron chi connectivity index (χ2n) is 2.70. The maximum Gasteiger partial charge on any atom is 0.344 e. The lowest BCUT2D eigenvalue weighted by molar-refractivity contribution is 0.0690. The Hall–Kier alpha value is -1.23. The fourth-order valence-electron chi connectivity index (χ4n) is 1.28. The van der Waals surface area contributed by atoms with Crippen LogP contribution in [-0.4, -0.2) is 27.5 Å². The zero-order valence-electron chi connectivity index (χ0n) is 6.66. The quantitative estimate of drug-likeness (QED) is 0.739. The highest BCUT2D eigenvalue weighted by Crippen LogP contribution is 2.28. The minimum Gasteiger partial charge on any atom is -0.477 e. The molecule has 2 rings (SSSR count). The van der Waals surface area contributed by atoms with Crippen molar-refractivity contribution in [1.82, 2.24) is 9.78 Å². The third-order valence-corrected chi connectivity index (χ3v) is 2.09. The first-order chi connectivity index (χ1) is 6.20. The van der Waals surface area contributed by atoms with Crippen molar-refractivity contribution < 1.29 is 14.6 Å². The minimum absolute atomic E-state index is 0.00981. The van der Waals surface area contributed by atoms with Crippen LogP contribution in [0.5, 0.6) is 5.88 Å². The molecule has 0 aromatic carbocycles. The number of halogens is 1. The van der Waals surface area contributed by atoms with Gasteiger partial charge in [0.15, 0.2) is 10.7 Å². The van der Waals surface area contributed by atoms with Crippen molar-refractivity contribution in [2.75, 3.05) is 6.61 Å². The van der Waals surface area contributed by atoms with E-state index in [0.29, 0.717) is 13.2 Å². The molecule has 6 heteroatoms. The van der Waals surface area contributed by atoms with E-state index in [1.807, 2.05) is 0 Å². The third-order valence-electron chi connectivity index (χ3n) is 1.83. The predicted molar refractivity (Wildman–Crippen MR) is 44.3 cm³/mol. The molecule has 1 aliphatic rings. The number of hydrogen-bond acceptors (Lipinski definition) is 3. The van der Waals surface area contributed by atoms with Crippen LogP contribution in [0, 0.1) is 0 Å². The number of ether oxygens (including phenoxy) is 1. The molecular weight excluding hydrogens is 196 g/mol. The van der Waals surface area contributed by atoms with Crippen LogP contribution in [0.1, 0.15) is 16.8 Å². The Kier molecular flexibility index (Phi) is 1.88. The lowest BCUT2D eigenvalue weighted by Gasteiger charge is -2.14. The number of carboxylic acid groups (broad SMARTS) is 1. The van der Waals surface area contributed by atoms with Gasteiger partial charge in [0.05, 0.1) is 6.61 Å². The summed E-state index contributed by atoms with van der Waals surface area (Å²) >= 11 is 5.64. The average molecular weight is 203 g/mol. The molecule has 0 amide bonds. The van der Waals surface area contributed by atoms with Crippen LogP contribution in [0.15, 0.2) is 0 Å². The van der Waals surface area contributed by atoms with Crippen molar-refractivity contribution in [2.45, 2.75) is 13.0 Å². The number of nitrogens with zero attached hydrogens (tertiary/aromatic N) is 2. The number of fused-ring (bicyclic) bond motifs is 1. The van der Waals surface area contributed by atoms with Crippen molar-refractivity contribution in [3.05, 3.63) is 10.7 Å². The molecule has 0 saturated heterocycles. The van der Waals surface area contributed by atoms with E-state index in [1.165, 1.54) is 4.68 Å². The summed E-state index contributed by atoms with van der Waals surface area (Å²) in [5, 5.41) is 12.6. The zero-order valence-corrected chi connectivity index (χ0v) is 7.41. The van der Waals surface area contributed by atoms with Gasteiger partial charge in [0, 0.05) is 13.0 Å². The maximum absolute atomic E-state index is 10.7. The zero-order chi connectivity index (χ0) is 9.42. The summed E-state index contributed by atoms with van der Waals surface area (Å²) in [5.74, 6) is -0.836. The predicted octanol–water partition coefficient (Wildman–Crippen LogP) is 1.02. The van der Waals surface area contributed by atoms with Gasteiger partial charge < -0.3 is 9.84 Å². The summed E-state index contributed by atoms with van der Waals surface area (Å²) in [5.41, 5.74) is -0.0404. The molecule has 0 fully saturated rings. The highest BCUT2D eigenvalue weighted by molar-refractivity contribution is 6.32. The summed E-state index contributed by atoms with van der Waals surface area (Å²) in [6, 6.07) is 0. The smallest absolute Gasteiger partial charge is 0.344 e. The molecule has 1 N–H and O–H groups in total. The molecule has 0 spiro atoms. The molecule has 0 saturated carbocycles. The number of hydrogen-bond donors (Lipinski definition) is 1. The van der Waals surface area contributed by atoms with Gasteiger partial charge in [-0.1, -0.05) is 11.6 Å². The van der Waals surface area contributed by atoms with Crippen LogP contribution in [0.4, 0.5) is 0 Å². The summed E-state index contributed by atoms with van der Waals surface area (Å²) in [7, 11) is 0. The molecular formula is C7H7ClN2O3. The molecule has 0 bridgehead atoms. The second kappa shape index (κ2) is 2.92. The standard InChI is InChI=1S/C7H7ClN2O3/c8-5-4(7(11)12)6-10(9-5)2-1-3-13-6/h1-3H2,(H,11,12). The number of rotatable bonds is 1. The average Bonchev–Trinajstić information content (AvgIpc) is 2.39. The summed E-state index contributed by atoms with van der Waals surface area (Å²) in [6.45, 7) is 1.17. The highest BCUT2D eigenvalue weighted by Gasteiger charge is 2.25. The molecule has 2 heterocycles. The van der Waals surface area contributed by atoms with Crippen LogP contribution in [0.2, 0.25) is 5.15 Å². The number of aromatic nitrogens is 2. The highest BCUT2D eigenvalue weighted by atomic mass is 35.5. The summed E-state index contributed by atoms with van der Waals surface area (Å²) in [4.78, 5) is 10.7. The van der Waals surface area contributed by atoms with Crippen LogP contribution in [0.25, 0.3) is 0 Å². The first-order valence-corrected chi connectivity index (χ1v) is 4.20. The van der Waals surface area contributed by atoms with Gasteiger partial charge in [0.2, 0.25) is 5.88 Å². The molecule has 5 nitrogen and oxygen atoms in total. The van der Waals surface area contributed by atoms with Crippen molar-refractivity contribution >= 4 is 17.6 Å². The van der Waals surface area contributed by atoms with E-state index in [0.717, 1.165) is 6.42 Å². The Labute approximate surface area is 78.9 Å². The molecule has 0 unspecified atom stereocenters. The molecule has 1 aromatic heterocycles. The van der Waals surface area contributed by atoms with E-state index in [1.54, 1.807) is 0 Å². The number of aryl methyl sites for hydroxylation is 1. The van der Waals surface area contributed by atoms with Crippen LogP contribution in [-0.2, 0) is 6.54 Å². The maximum atomic E-state index is 10.7. The summed E-state index contributed by atoms with van der Waals surface area (Å²) in [6.07, 6.45) is 0.823. The van der Waals surface area contributed by atoms with Crippen LogP contribution < -0.4 is 4.74 Å². The SMILES string of the molecule is O=C(O)c1c(Cl)nn2c1OCCC2. The molecule has 0 aliphatic carbocycles. The van der Waals surface area contributed by atoms with E-state index in [4.69, 9.17) is 21.4 Å². The van der Waals surface area contributed by atoms with E-state index in [-0.39, 0.29) is 16.6 Å². The van der Waals surface area contributed by atoms with E-state index >= 15 is 0 Å². The molecule has 1 aliphatic heterocycles. The number of aromatic carboxylic acids is 1. The van der Waals surface area contributed by atoms with Gasteiger partial charge in [0.25, 0.3) is 0 Å². The number of carbonyl (C=O) groups is 1. The Morgan fingerprint density at radius 1 is 1.69 bits per heavy atom. The molecule has 0 atom stereocenters. The normalized spacial score (nSPS) is 14.8. The van der Waals surface area contributed by atoms with Gasteiger partial charge in [-0.25, -0.2) is 9.48 Å². The minimum atomic E-state index is -1.10. The Morgan fingerprint density at radius 2 is 2.46 bits per heavy atom. The van der Waals surface area contributed by atoms with E-state index in [2.05, 4.69) is 5.10 Å². The molecule has 70 valence electrons.